The van der Waals surface area contributed by atoms with Crippen molar-refractivity contribution in [1.82, 2.24) is 25.3 Å². The first-order valence-corrected chi connectivity index (χ1v) is 11.6. The fourth-order valence-corrected chi connectivity index (χ4v) is 4.72. The maximum absolute atomic E-state index is 13.2. The molecule has 0 bridgehead atoms. The Kier molecular flexibility index (Phi) is 4.88. The molecule has 34 heavy (non-hydrogen) atoms. The van der Waals surface area contributed by atoms with E-state index in [-0.39, 0.29) is 17.7 Å². The fraction of sp³-hybridized carbons (Fsp3) is 0.0800. The second-order valence-electron chi connectivity index (χ2n) is 8.02. The molecule has 4 N–H and O–H groups in total. The summed E-state index contributed by atoms with van der Waals surface area (Å²) in [4.78, 5) is 28.7. The zero-order valence-electron chi connectivity index (χ0n) is 17.8. The Hall–Kier alpha value is -4.37. The highest BCUT2D eigenvalue weighted by Gasteiger charge is 2.20. The number of phenols is 1. The number of hydrogen-bond acceptors (Lipinski definition) is 6. The SMILES string of the molecule is O=C(N[C@@H](Cc1c[nH]c2cc(O)ccc12)c1cscn1)c1ccc2nc(-c3ccoc3)[nH]c2c1. The van der Waals surface area contributed by atoms with Gasteiger partial charge in [0.15, 0.2) is 0 Å². The van der Waals surface area contributed by atoms with Crippen molar-refractivity contribution in [3.05, 3.63) is 88.9 Å². The maximum Gasteiger partial charge on any atom is 0.251 e. The molecule has 0 fully saturated rings. The summed E-state index contributed by atoms with van der Waals surface area (Å²) in [5.41, 5.74) is 7.35. The summed E-state index contributed by atoms with van der Waals surface area (Å²) < 4.78 is 5.14. The number of amides is 1. The minimum absolute atomic E-state index is 0.197. The van der Waals surface area contributed by atoms with Crippen LogP contribution in [0.15, 0.2) is 76.5 Å². The second-order valence-corrected chi connectivity index (χ2v) is 8.74. The van der Waals surface area contributed by atoms with Gasteiger partial charge in [0.2, 0.25) is 0 Å². The molecule has 1 atom stereocenters. The largest absolute Gasteiger partial charge is 0.508 e. The topological polar surface area (TPSA) is 120 Å². The van der Waals surface area contributed by atoms with Gasteiger partial charge in [0.25, 0.3) is 5.91 Å². The molecule has 0 aliphatic carbocycles. The maximum atomic E-state index is 13.2. The predicted octanol–water partition coefficient (Wildman–Crippen LogP) is 5.18. The Morgan fingerprint density at radius 3 is 2.94 bits per heavy atom. The van der Waals surface area contributed by atoms with Crippen LogP contribution >= 0.6 is 11.3 Å². The molecular weight excluding hydrogens is 450 g/mol. The molecule has 1 amide bonds. The van der Waals surface area contributed by atoms with E-state index < -0.39 is 0 Å². The molecule has 8 nitrogen and oxygen atoms in total. The van der Waals surface area contributed by atoms with Crippen molar-refractivity contribution in [3.8, 4) is 17.1 Å². The number of hydrogen-bond donors (Lipinski definition) is 4. The number of imidazole rings is 1. The number of carbonyl (C=O) groups excluding carboxylic acids is 1. The minimum Gasteiger partial charge on any atom is -0.508 e. The highest BCUT2D eigenvalue weighted by Crippen LogP contribution is 2.28. The van der Waals surface area contributed by atoms with Crippen LogP contribution in [0, 0.1) is 0 Å². The standard InChI is InChI=1S/C25H19N5O3S/c31-17-2-3-18-16(10-26-20(18)9-17)8-22(23-12-34-13-27-23)30-25(32)14-1-4-19-21(7-14)29-24(28-19)15-5-6-33-11-15/h1-7,9-13,22,26,31H,8H2,(H,28,29)(H,30,32)/t22-/m0/s1. The van der Waals surface area contributed by atoms with Crippen molar-refractivity contribution >= 4 is 39.2 Å². The highest BCUT2D eigenvalue weighted by atomic mass is 32.1. The van der Waals surface area contributed by atoms with E-state index in [4.69, 9.17) is 4.42 Å². The zero-order chi connectivity index (χ0) is 23.1. The predicted molar refractivity (Wildman–Crippen MR) is 130 cm³/mol. The third kappa shape index (κ3) is 3.71. The number of aromatic nitrogens is 4. The lowest BCUT2D eigenvalue weighted by Crippen LogP contribution is -2.30. The molecule has 168 valence electrons. The van der Waals surface area contributed by atoms with Gasteiger partial charge in [0.1, 0.15) is 17.8 Å². The number of furan rings is 1. The van der Waals surface area contributed by atoms with E-state index in [1.807, 2.05) is 29.8 Å². The number of aromatic amines is 2. The number of fused-ring (bicyclic) bond motifs is 2. The van der Waals surface area contributed by atoms with E-state index in [1.165, 1.54) is 11.3 Å². The van der Waals surface area contributed by atoms with Gasteiger partial charge in [-0.2, -0.15) is 0 Å². The number of rotatable bonds is 6. The summed E-state index contributed by atoms with van der Waals surface area (Å²) in [5, 5.41) is 15.8. The van der Waals surface area contributed by atoms with Gasteiger partial charge in [-0.1, -0.05) is 0 Å². The van der Waals surface area contributed by atoms with Crippen LogP contribution in [-0.4, -0.2) is 30.9 Å². The molecular formula is C25H19N5O3S. The van der Waals surface area contributed by atoms with Crippen LogP contribution in [0.25, 0.3) is 33.3 Å². The molecule has 0 aliphatic heterocycles. The summed E-state index contributed by atoms with van der Waals surface area (Å²) in [6.07, 6.45) is 5.67. The Morgan fingerprint density at radius 1 is 1.18 bits per heavy atom. The van der Waals surface area contributed by atoms with Crippen LogP contribution in [0.2, 0.25) is 0 Å². The third-order valence-corrected chi connectivity index (χ3v) is 6.43. The minimum atomic E-state index is -0.314. The molecule has 4 aromatic heterocycles. The summed E-state index contributed by atoms with van der Waals surface area (Å²) in [6, 6.07) is 12.1. The van der Waals surface area contributed by atoms with Crippen LogP contribution in [0.3, 0.4) is 0 Å². The van der Waals surface area contributed by atoms with Crippen LogP contribution in [0.1, 0.15) is 27.7 Å². The molecule has 0 radical (unpaired) electrons. The number of nitrogens with zero attached hydrogens (tertiary/aromatic N) is 2. The number of H-pyrrole nitrogens is 2. The van der Waals surface area contributed by atoms with Crippen LogP contribution in [0.5, 0.6) is 5.75 Å². The van der Waals surface area contributed by atoms with Crippen molar-refractivity contribution in [2.24, 2.45) is 0 Å². The van der Waals surface area contributed by atoms with Gasteiger partial charge in [-0.25, -0.2) is 9.97 Å². The number of carbonyl (C=O) groups is 1. The van der Waals surface area contributed by atoms with Gasteiger partial charge >= 0.3 is 0 Å². The van der Waals surface area contributed by atoms with Gasteiger partial charge in [0, 0.05) is 40.5 Å². The van der Waals surface area contributed by atoms with E-state index in [1.54, 1.807) is 42.3 Å². The lowest BCUT2D eigenvalue weighted by Gasteiger charge is -2.17. The molecule has 0 aliphatic rings. The average Bonchev–Trinajstić information content (AvgIpc) is 3.64. The van der Waals surface area contributed by atoms with Gasteiger partial charge in [-0.3, -0.25) is 4.79 Å². The summed E-state index contributed by atoms with van der Waals surface area (Å²) in [5.74, 6) is 0.694. The molecule has 0 unspecified atom stereocenters. The van der Waals surface area contributed by atoms with E-state index in [9.17, 15) is 9.90 Å². The molecule has 2 aromatic carbocycles. The second kappa shape index (κ2) is 8.20. The molecule has 0 saturated carbocycles. The van der Waals surface area contributed by atoms with Crippen LogP contribution < -0.4 is 5.32 Å². The van der Waals surface area contributed by atoms with Crippen molar-refractivity contribution in [2.45, 2.75) is 12.5 Å². The van der Waals surface area contributed by atoms with Crippen molar-refractivity contribution in [1.29, 1.82) is 0 Å². The normalized spacial score (nSPS) is 12.4. The molecule has 0 spiro atoms. The van der Waals surface area contributed by atoms with Crippen molar-refractivity contribution in [2.75, 3.05) is 0 Å². The summed E-state index contributed by atoms with van der Waals surface area (Å²) in [7, 11) is 0. The number of benzene rings is 2. The summed E-state index contributed by atoms with van der Waals surface area (Å²) >= 11 is 1.49. The van der Waals surface area contributed by atoms with Crippen LogP contribution in [0.4, 0.5) is 0 Å². The Labute approximate surface area is 197 Å². The van der Waals surface area contributed by atoms with E-state index >= 15 is 0 Å². The average molecular weight is 470 g/mol. The molecule has 6 aromatic rings. The van der Waals surface area contributed by atoms with Gasteiger partial charge in [-0.15, -0.1) is 11.3 Å². The number of nitrogens with one attached hydrogen (secondary N) is 3. The molecule has 4 heterocycles. The number of thiazole rings is 1. The Morgan fingerprint density at radius 2 is 2.12 bits per heavy atom. The fourth-order valence-electron chi connectivity index (χ4n) is 4.11. The number of phenolic OH excluding ortho intramolecular Hbond substituents is 1. The molecule has 9 heteroatoms. The van der Waals surface area contributed by atoms with Gasteiger partial charge < -0.3 is 24.8 Å². The van der Waals surface area contributed by atoms with Crippen molar-refractivity contribution < 1.29 is 14.3 Å². The lowest BCUT2D eigenvalue weighted by molar-refractivity contribution is 0.0936. The van der Waals surface area contributed by atoms with Gasteiger partial charge in [-0.05, 0) is 42.0 Å². The summed E-state index contributed by atoms with van der Waals surface area (Å²) in [6.45, 7) is 0. The first-order chi connectivity index (χ1) is 16.6. The van der Waals surface area contributed by atoms with E-state index in [0.29, 0.717) is 17.8 Å². The quantitative estimate of drug-likeness (QED) is 0.268. The lowest BCUT2D eigenvalue weighted by atomic mass is 10.0. The molecule has 0 saturated heterocycles. The first-order valence-electron chi connectivity index (χ1n) is 10.6. The van der Waals surface area contributed by atoms with Crippen molar-refractivity contribution in [3.63, 3.8) is 0 Å². The zero-order valence-corrected chi connectivity index (χ0v) is 18.6. The number of aromatic hydroxyl groups is 1. The Bertz CT molecular complexity index is 1600. The smallest absolute Gasteiger partial charge is 0.251 e. The monoisotopic (exact) mass is 469 g/mol. The van der Waals surface area contributed by atoms with E-state index in [2.05, 4.69) is 25.3 Å². The third-order valence-electron chi connectivity index (χ3n) is 5.83. The highest BCUT2D eigenvalue weighted by molar-refractivity contribution is 7.07. The van der Waals surface area contributed by atoms with Crippen LogP contribution in [-0.2, 0) is 6.42 Å². The molecule has 6 rings (SSSR count). The van der Waals surface area contributed by atoms with Gasteiger partial charge in [0.05, 0.1) is 40.1 Å². The van der Waals surface area contributed by atoms with E-state index in [0.717, 1.165) is 38.8 Å². The Balaban J connectivity index is 1.28. The first kappa shape index (κ1) is 20.3.